The number of aliphatic imine (C=N–C) groups is 2. The SMILES string of the molecule is CSC1=NC(C)=NC1. The molecule has 0 spiro atoms. The lowest BCUT2D eigenvalue weighted by molar-refractivity contribution is 1.35. The Balaban J connectivity index is 2.56. The average Bonchev–Trinajstić information content (AvgIpc) is 2.14. The first-order chi connectivity index (χ1) is 3.83. The fraction of sp³-hybridized carbons (Fsp3) is 0.600. The third-order valence-corrected chi connectivity index (χ3v) is 1.66. The first-order valence-corrected chi connectivity index (χ1v) is 3.68. The molecule has 0 amide bonds. The fourth-order valence-electron chi connectivity index (χ4n) is 0.543. The van der Waals surface area contributed by atoms with Crippen LogP contribution in [0.15, 0.2) is 9.98 Å². The lowest BCUT2D eigenvalue weighted by Crippen LogP contribution is -1.88. The van der Waals surface area contributed by atoms with Crippen molar-refractivity contribution in [3.8, 4) is 0 Å². The van der Waals surface area contributed by atoms with Gasteiger partial charge in [-0.05, 0) is 13.2 Å². The molecule has 0 aliphatic carbocycles. The predicted molar refractivity (Wildman–Crippen MR) is 38.9 cm³/mol. The van der Waals surface area contributed by atoms with Crippen LogP contribution in [0.5, 0.6) is 0 Å². The van der Waals surface area contributed by atoms with Crippen LogP contribution in [0.25, 0.3) is 0 Å². The summed E-state index contributed by atoms with van der Waals surface area (Å²) in [5.41, 5.74) is 0. The van der Waals surface area contributed by atoms with Gasteiger partial charge in [0.15, 0.2) is 0 Å². The van der Waals surface area contributed by atoms with Gasteiger partial charge in [-0.15, -0.1) is 11.8 Å². The van der Waals surface area contributed by atoms with Crippen molar-refractivity contribution in [3.63, 3.8) is 0 Å². The van der Waals surface area contributed by atoms with Gasteiger partial charge in [-0.1, -0.05) is 0 Å². The van der Waals surface area contributed by atoms with Gasteiger partial charge in [0, 0.05) is 0 Å². The Bertz CT molecular complexity index is 149. The van der Waals surface area contributed by atoms with Gasteiger partial charge in [0.25, 0.3) is 0 Å². The fourth-order valence-corrected chi connectivity index (χ4v) is 0.960. The van der Waals surface area contributed by atoms with Crippen molar-refractivity contribution in [2.45, 2.75) is 6.92 Å². The highest BCUT2D eigenvalue weighted by atomic mass is 32.2. The van der Waals surface area contributed by atoms with E-state index in [1.54, 1.807) is 11.8 Å². The Labute approximate surface area is 53.1 Å². The Morgan fingerprint density at radius 2 is 2.38 bits per heavy atom. The van der Waals surface area contributed by atoms with Crippen LogP contribution in [0, 0.1) is 0 Å². The van der Waals surface area contributed by atoms with Crippen molar-refractivity contribution in [2.75, 3.05) is 12.8 Å². The second kappa shape index (κ2) is 2.31. The maximum Gasteiger partial charge on any atom is 0.121 e. The number of thioether (sulfide) groups is 1. The van der Waals surface area contributed by atoms with Crippen LogP contribution in [0.4, 0.5) is 0 Å². The van der Waals surface area contributed by atoms with Crippen LogP contribution in [0.3, 0.4) is 0 Å². The number of rotatable bonds is 0. The molecule has 0 aromatic carbocycles. The minimum Gasteiger partial charge on any atom is -0.264 e. The molecular weight excluding hydrogens is 120 g/mol. The van der Waals surface area contributed by atoms with Crippen LogP contribution in [-0.4, -0.2) is 23.7 Å². The maximum absolute atomic E-state index is 4.14. The lowest BCUT2D eigenvalue weighted by atomic mass is 10.7. The summed E-state index contributed by atoms with van der Waals surface area (Å²) in [6.07, 6.45) is 2.02. The normalized spacial score (nSPS) is 18.2. The summed E-state index contributed by atoms with van der Waals surface area (Å²) in [7, 11) is 0. The first-order valence-electron chi connectivity index (χ1n) is 2.45. The van der Waals surface area contributed by atoms with Crippen molar-refractivity contribution in [1.82, 2.24) is 0 Å². The van der Waals surface area contributed by atoms with Crippen molar-refractivity contribution in [3.05, 3.63) is 0 Å². The van der Waals surface area contributed by atoms with E-state index in [-0.39, 0.29) is 0 Å². The Morgan fingerprint density at radius 1 is 1.62 bits per heavy atom. The Kier molecular flexibility index (Phi) is 1.68. The molecule has 0 bridgehead atoms. The van der Waals surface area contributed by atoms with E-state index in [0.717, 1.165) is 17.4 Å². The summed E-state index contributed by atoms with van der Waals surface area (Å²) in [6, 6.07) is 0. The third-order valence-electron chi connectivity index (χ3n) is 0.965. The molecule has 8 heavy (non-hydrogen) atoms. The molecule has 0 aromatic heterocycles. The second-order valence-electron chi connectivity index (χ2n) is 1.57. The van der Waals surface area contributed by atoms with E-state index in [4.69, 9.17) is 0 Å². The molecule has 0 atom stereocenters. The van der Waals surface area contributed by atoms with Crippen molar-refractivity contribution in [1.29, 1.82) is 0 Å². The zero-order chi connectivity index (χ0) is 5.98. The molecule has 2 nitrogen and oxygen atoms in total. The topological polar surface area (TPSA) is 24.7 Å². The molecule has 3 heteroatoms. The smallest absolute Gasteiger partial charge is 0.121 e. The second-order valence-corrected chi connectivity index (χ2v) is 2.45. The van der Waals surface area contributed by atoms with E-state index in [1.807, 2.05) is 13.2 Å². The van der Waals surface area contributed by atoms with Gasteiger partial charge in [-0.25, -0.2) is 4.99 Å². The highest BCUT2D eigenvalue weighted by Crippen LogP contribution is 2.04. The molecule has 0 N–H and O–H groups in total. The summed E-state index contributed by atoms with van der Waals surface area (Å²) in [6.45, 7) is 2.72. The number of hydrogen-bond donors (Lipinski definition) is 0. The molecule has 1 aliphatic rings. The molecule has 1 aliphatic heterocycles. The molecule has 1 heterocycles. The average molecular weight is 128 g/mol. The first kappa shape index (κ1) is 5.82. The highest BCUT2D eigenvalue weighted by Gasteiger charge is 2.02. The molecule has 0 fully saturated rings. The quantitative estimate of drug-likeness (QED) is 0.481. The number of hydrogen-bond acceptors (Lipinski definition) is 3. The summed E-state index contributed by atoms with van der Waals surface area (Å²) < 4.78 is 0. The monoisotopic (exact) mass is 128 g/mol. The van der Waals surface area contributed by atoms with Gasteiger partial charge in [0.2, 0.25) is 0 Å². The predicted octanol–water partition coefficient (Wildman–Crippen LogP) is 1.18. The molecule has 0 unspecified atom stereocenters. The van der Waals surface area contributed by atoms with Crippen LogP contribution in [-0.2, 0) is 0 Å². The van der Waals surface area contributed by atoms with E-state index >= 15 is 0 Å². The summed E-state index contributed by atoms with van der Waals surface area (Å²) in [5, 5.41) is 1.13. The summed E-state index contributed by atoms with van der Waals surface area (Å²) in [5.74, 6) is 0.911. The standard InChI is InChI=1S/C5H8N2S/c1-4-6-3-5(7-4)8-2/h3H2,1-2H3. The minimum atomic E-state index is 0.799. The largest absolute Gasteiger partial charge is 0.264 e. The van der Waals surface area contributed by atoms with E-state index in [9.17, 15) is 0 Å². The van der Waals surface area contributed by atoms with E-state index in [0.29, 0.717) is 0 Å². The summed E-state index contributed by atoms with van der Waals surface area (Å²) in [4.78, 5) is 8.22. The van der Waals surface area contributed by atoms with E-state index in [2.05, 4.69) is 9.98 Å². The van der Waals surface area contributed by atoms with E-state index in [1.165, 1.54) is 0 Å². The maximum atomic E-state index is 4.14. The molecule has 44 valence electrons. The van der Waals surface area contributed by atoms with Gasteiger partial charge in [-0.3, -0.25) is 4.99 Å². The van der Waals surface area contributed by atoms with Crippen molar-refractivity contribution >= 4 is 22.6 Å². The van der Waals surface area contributed by atoms with Crippen LogP contribution >= 0.6 is 11.8 Å². The number of amidine groups is 1. The van der Waals surface area contributed by atoms with Gasteiger partial charge in [-0.2, -0.15) is 0 Å². The highest BCUT2D eigenvalue weighted by molar-refractivity contribution is 8.13. The van der Waals surface area contributed by atoms with Crippen LogP contribution in [0.2, 0.25) is 0 Å². The lowest BCUT2D eigenvalue weighted by Gasteiger charge is -1.85. The Morgan fingerprint density at radius 3 is 2.62 bits per heavy atom. The zero-order valence-corrected chi connectivity index (χ0v) is 5.83. The zero-order valence-electron chi connectivity index (χ0n) is 5.01. The van der Waals surface area contributed by atoms with Gasteiger partial charge in [0.1, 0.15) is 5.84 Å². The van der Waals surface area contributed by atoms with E-state index < -0.39 is 0 Å². The molecule has 0 saturated heterocycles. The third kappa shape index (κ3) is 1.10. The van der Waals surface area contributed by atoms with Gasteiger partial charge >= 0.3 is 0 Å². The molecule has 0 radical (unpaired) electrons. The molecule has 0 saturated carbocycles. The molecule has 0 aromatic rings. The number of nitrogens with zero attached hydrogens (tertiary/aromatic N) is 2. The van der Waals surface area contributed by atoms with Crippen molar-refractivity contribution < 1.29 is 0 Å². The van der Waals surface area contributed by atoms with Crippen LogP contribution < -0.4 is 0 Å². The molecular formula is C5H8N2S. The Hall–Kier alpha value is -0.310. The molecule has 1 rings (SSSR count). The van der Waals surface area contributed by atoms with Gasteiger partial charge in [0.05, 0.1) is 11.6 Å². The van der Waals surface area contributed by atoms with Gasteiger partial charge < -0.3 is 0 Å². The van der Waals surface area contributed by atoms with Crippen LogP contribution in [0.1, 0.15) is 6.92 Å². The summed E-state index contributed by atoms with van der Waals surface area (Å²) >= 11 is 1.67. The van der Waals surface area contributed by atoms with Crippen molar-refractivity contribution in [2.24, 2.45) is 9.98 Å². The minimum absolute atomic E-state index is 0.799.